The first-order valence-corrected chi connectivity index (χ1v) is 10.0. The van der Waals surface area contributed by atoms with Crippen LogP contribution >= 0.6 is 0 Å². The minimum Gasteiger partial charge on any atom is -0.352 e. The number of nitrogens with one attached hydrogen (secondary N) is 2. The molecule has 1 amide bonds. The third-order valence-corrected chi connectivity index (χ3v) is 5.81. The van der Waals surface area contributed by atoms with E-state index in [4.69, 9.17) is 0 Å². The van der Waals surface area contributed by atoms with Crippen molar-refractivity contribution < 1.29 is 4.79 Å². The number of hydrogen-bond acceptors (Lipinski definition) is 3. The summed E-state index contributed by atoms with van der Waals surface area (Å²) < 4.78 is 0. The van der Waals surface area contributed by atoms with Crippen molar-refractivity contribution in [3.05, 3.63) is 35.4 Å². The summed E-state index contributed by atoms with van der Waals surface area (Å²) in [6.07, 6.45) is 0.930. The van der Waals surface area contributed by atoms with Crippen molar-refractivity contribution in [2.45, 2.75) is 45.8 Å². The molecule has 2 aliphatic rings. The molecule has 1 aromatic rings. The number of hydrogen-bond donors (Lipinski definition) is 2. The van der Waals surface area contributed by atoms with Gasteiger partial charge in [0.25, 0.3) is 0 Å². The van der Waals surface area contributed by atoms with Crippen molar-refractivity contribution in [1.29, 1.82) is 0 Å². The van der Waals surface area contributed by atoms with E-state index < -0.39 is 0 Å². The van der Waals surface area contributed by atoms with Gasteiger partial charge >= 0.3 is 0 Å². The zero-order chi connectivity index (χ0) is 19.4. The van der Waals surface area contributed by atoms with Crippen molar-refractivity contribution in [2.75, 3.05) is 33.2 Å². The van der Waals surface area contributed by atoms with Crippen LogP contribution < -0.4 is 10.6 Å². The van der Waals surface area contributed by atoms with Gasteiger partial charge in [0, 0.05) is 45.3 Å². The number of carbonyl (C=O) groups is 1. The lowest BCUT2D eigenvalue weighted by Gasteiger charge is -2.29. The Morgan fingerprint density at radius 1 is 1.26 bits per heavy atom. The average Bonchev–Trinajstić information content (AvgIpc) is 3.05. The van der Waals surface area contributed by atoms with Crippen LogP contribution in [-0.4, -0.2) is 67.0 Å². The van der Waals surface area contributed by atoms with E-state index in [1.54, 1.807) is 7.05 Å². The smallest absolute Gasteiger partial charge is 0.242 e. The van der Waals surface area contributed by atoms with E-state index in [1.807, 2.05) is 11.0 Å². The maximum atomic E-state index is 12.6. The second kappa shape index (κ2) is 8.74. The van der Waals surface area contributed by atoms with Crippen LogP contribution in [0.4, 0.5) is 0 Å². The number of amides is 1. The molecule has 6 nitrogen and oxygen atoms in total. The molecular formula is C21H33N5O. The van der Waals surface area contributed by atoms with E-state index in [-0.39, 0.29) is 12.5 Å². The number of likely N-dealkylation sites (tertiary alicyclic amines) is 1. The summed E-state index contributed by atoms with van der Waals surface area (Å²) in [5.74, 6) is 1.39. The van der Waals surface area contributed by atoms with Crippen LogP contribution in [0, 0.1) is 5.92 Å². The Labute approximate surface area is 163 Å². The lowest BCUT2D eigenvalue weighted by atomic mass is 10.00. The van der Waals surface area contributed by atoms with Gasteiger partial charge < -0.3 is 15.5 Å². The summed E-state index contributed by atoms with van der Waals surface area (Å²) in [6, 6.07) is 9.29. The predicted octanol–water partition coefficient (Wildman–Crippen LogP) is 1.47. The van der Waals surface area contributed by atoms with Crippen LogP contribution in [0.5, 0.6) is 0 Å². The molecule has 0 aromatic heterocycles. The third kappa shape index (κ3) is 4.80. The summed E-state index contributed by atoms with van der Waals surface area (Å²) in [6.45, 7) is 10.6. The largest absolute Gasteiger partial charge is 0.352 e. The average molecular weight is 372 g/mol. The van der Waals surface area contributed by atoms with Crippen molar-refractivity contribution in [3.8, 4) is 0 Å². The molecule has 2 aliphatic heterocycles. The molecule has 1 aromatic carbocycles. The van der Waals surface area contributed by atoms with Crippen LogP contribution in [0.1, 0.15) is 31.9 Å². The fraction of sp³-hybridized carbons (Fsp3) is 0.619. The number of guanidine groups is 1. The second-order valence-corrected chi connectivity index (χ2v) is 8.04. The fourth-order valence-corrected chi connectivity index (χ4v) is 3.96. The van der Waals surface area contributed by atoms with Gasteiger partial charge in [-0.3, -0.25) is 14.7 Å². The molecular weight excluding hydrogens is 338 g/mol. The molecule has 1 fully saturated rings. The zero-order valence-corrected chi connectivity index (χ0v) is 17.0. The molecule has 2 N–H and O–H groups in total. The SMILES string of the molecule is CN=C(NCC(=O)N1CCc2ccccc2C1)NC1CN(C(C)C)CC1C. The van der Waals surface area contributed by atoms with Crippen LogP contribution in [0.15, 0.2) is 29.3 Å². The Morgan fingerprint density at radius 3 is 2.67 bits per heavy atom. The molecule has 2 unspecified atom stereocenters. The Balaban J connectivity index is 1.49. The Bertz CT molecular complexity index is 687. The van der Waals surface area contributed by atoms with E-state index in [2.05, 4.69) is 59.5 Å². The fourth-order valence-electron chi connectivity index (χ4n) is 3.96. The summed E-state index contributed by atoms with van der Waals surface area (Å²) in [4.78, 5) is 21.4. The van der Waals surface area contributed by atoms with Gasteiger partial charge in [-0.05, 0) is 37.3 Å². The molecule has 27 heavy (non-hydrogen) atoms. The predicted molar refractivity (Wildman–Crippen MR) is 110 cm³/mol. The highest BCUT2D eigenvalue weighted by molar-refractivity contribution is 5.86. The number of carbonyl (C=O) groups excluding carboxylic acids is 1. The first-order valence-electron chi connectivity index (χ1n) is 10.0. The van der Waals surface area contributed by atoms with E-state index >= 15 is 0 Å². The molecule has 0 spiro atoms. The van der Waals surface area contributed by atoms with Crippen molar-refractivity contribution in [2.24, 2.45) is 10.9 Å². The third-order valence-electron chi connectivity index (χ3n) is 5.81. The van der Waals surface area contributed by atoms with Gasteiger partial charge in [0.1, 0.15) is 0 Å². The van der Waals surface area contributed by atoms with E-state index in [0.29, 0.717) is 30.5 Å². The number of rotatable bonds is 4. The molecule has 2 atom stereocenters. The highest BCUT2D eigenvalue weighted by Crippen LogP contribution is 2.19. The number of benzene rings is 1. The van der Waals surface area contributed by atoms with Crippen LogP contribution in [0.25, 0.3) is 0 Å². The van der Waals surface area contributed by atoms with Gasteiger partial charge in [-0.2, -0.15) is 0 Å². The van der Waals surface area contributed by atoms with Crippen molar-refractivity contribution >= 4 is 11.9 Å². The van der Waals surface area contributed by atoms with E-state index in [9.17, 15) is 4.79 Å². The Hall–Kier alpha value is -2.08. The monoisotopic (exact) mass is 371 g/mol. The summed E-state index contributed by atoms with van der Waals surface area (Å²) >= 11 is 0. The summed E-state index contributed by atoms with van der Waals surface area (Å²) in [5.41, 5.74) is 2.62. The lowest BCUT2D eigenvalue weighted by Crippen LogP contribution is -2.50. The van der Waals surface area contributed by atoms with Crippen LogP contribution in [0.2, 0.25) is 0 Å². The molecule has 1 saturated heterocycles. The highest BCUT2D eigenvalue weighted by atomic mass is 16.2. The minimum absolute atomic E-state index is 0.121. The topological polar surface area (TPSA) is 60.0 Å². The minimum atomic E-state index is 0.121. The molecule has 0 radical (unpaired) electrons. The molecule has 6 heteroatoms. The molecule has 0 saturated carbocycles. The van der Waals surface area contributed by atoms with E-state index in [0.717, 1.165) is 26.1 Å². The second-order valence-electron chi connectivity index (χ2n) is 8.04. The maximum Gasteiger partial charge on any atom is 0.242 e. The normalized spacial score (nSPS) is 23.4. The molecule has 148 valence electrons. The number of fused-ring (bicyclic) bond motifs is 1. The van der Waals surface area contributed by atoms with Gasteiger partial charge in [0.15, 0.2) is 5.96 Å². The highest BCUT2D eigenvalue weighted by Gasteiger charge is 2.31. The molecule has 3 rings (SSSR count). The van der Waals surface area contributed by atoms with Gasteiger partial charge in [0.05, 0.1) is 6.54 Å². The maximum absolute atomic E-state index is 12.6. The number of nitrogens with zero attached hydrogens (tertiary/aromatic N) is 3. The Morgan fingerprint density at radius 2 is 2.00 bits per heavy atom. The lowest BCUT2D eigenvalue weighted by molar-refractivity contribution is -0.130. The molecule has 0 bridgehead atoms. The van der Waals surface area contributed by atoms with Gasteiger partial charge in [-0.1, -0.05) is 31.2 Å². The standard InChI is InChI=1S/C21H33N5O/c1-15(2)26-12-16(3)19(14-26)24-21(22-4)23-11-20(27)25-10-9-17-7-5-6-8-18(17)13-25/h5-8,15-16,19H,9-14H2,1-4H3,(H2,22,23,24). The van der Waals surface area contributed by atoms with Gasteiger partial charge in [-0.25, -0.2) is 0 Å². The van der Waals surface area contributed by atoms with Crippen LogP contribution in [0.3, 0.4) is 0 Å². The molecule has 2 heterocycles. The Kier molecular flexibility index (Phi) is 6.37. The van der Waals surface area contributed by atoms with Gasteiger partial charge in [0.2, 0.25) is 5.91 Å². The van der Waals surface area contributed by atoms with Gasteiger partial charge in [-0.15, -0.1) is 0 Å². The molecule has 0 aliphatic carbocycles. The first-order chi connectivity index (χ1) is 13.0. The first kappa shape index (κ1) is 19.7. The van der Waals surface area contributed by atoms with Crippen molar-refractivity contribution in [1.82, 2.24) is 20.4 Å². The zero-order valence-electron chi connectivity index (χ0n) is 17.0. The summed E-state index contributed by atoms with van der Waals surface area (Å²) in [5, 5.41) is 6.71. The summed E-state index contributed by atoms with van der Waals surface area (Å²) in [7, 11) is 1.76. The van der Waals surface area contributed by atoms with Crippen molar-refractivity contribution in [3.63, 3.8) is 0 Å². The number of aliphatic imine (C=N–C) groups is 1. The van der Waals surface area contributed by atoms with E-state index in [1.165, 1.54) is 11.1 Å². The quantitative estimate of drug-likeness (QED) is 0.622. The van der Waals surface area contributed by atoms with Crippen LogP contribution in [-0.2, 0) is 17.8 Å².